The standard InChI is InChI=1S/C10H13N3O3/c1-11-10(14)5-6-12-8-3-2-4-9(7-8)13(15)16/h2-4,7,12H,5-6H2,1H3,(H,11,14). The summed E-state index contributed by atoms with van der Waals surface area (Å²) in [4.78, 5) is 21.0. The summed E-state index contributed by atoms with van der Waals surface area (Å²) in [5, 5.41) is 15.9. The number of nitro groups is 1. The number of carbonyl (C=O) groups is 1. The first kappa shape index (κ1) is 12.0. The lowest BCUT2D eigenvalue weighted by Crippen LogP contribution is -2.20. The lowest BCUT2D eigenvalue weighted by atomic mass is 10.2. The summed E-state index contributed by atoms with van der Waals surface area (Å²) >= 11 is 0. The topological polar surface area (TPSA) is 84.3 Å². The third-order valence-corrected chi connectivity index (χ3v) is 2.02. The summed E-state index contributed by atoms with van der Waals surface area (Å²) in [5.41, 5.74) is 0.669. The van der Waals surface area contributed by atoms with Crippen LogP contribution in [0.1, 0.15) is 6.42 Å². The van der Waals surface area contributed by atoms with Crippen LogP contribution in [0.25, 0.3) is 0 Å². The molecule has 1 rings (SSSR count). The molecule has 0 spiro atoms. The van der Waals surface area contributed by atoms with Crippen molar-refractivity contribution in [1.82, 2.24) is 5.32 Å². The number of nitro benzene ring substituents is 1. The predicted octanol–water partition coefficient (Wildman–Crippen LogP) is 1.14. The van der Waals surface area contributed by atoms with Crippen LogP contribution in [0.2, 0.25) is 0 Å². The Kier molecular flexibility index (Phi) is 4.26. The number of non-ortho nitro benzene ring substituents is 1. The first-order chi connectivity index (χ1) is 7.63. The fourth-order valence-electron chi connectivity index (χ4n) is 1.17. The van der Waals surface area contributed by atoms with Gasteiger partial charge >= 0.3 is 0 Å². The van der Waals surface area contributed by atoms with E-state index in [9.17, 15) is 14.9 Å². The molecule has 0 saturated heterocycles. The minimum absolute atomic E-state index is 0.0324. The van der Waals surface area contributed by atoms with Crippen LogP contribution in [-0.2, 0) is 4.79 Å². The van der Waals surface area contributed by atoms with E-state index < -0.39 is 4.92 Å². The molecule has 86 valence electrons. The van der Waals surface area contributed by atoms with Gasteiger partial charge in [-0.25, -0.2) is 0 Å². The number of amides is 1. The van der Waals surface area contributed by atoms with Crippen LogP contribution in [0.4, 0.5) is 11.4 Å². The fourth-order valence-corrected chi connectivity index (χ4v) is 1.17. The molecule has 6 heteroatoms. The highest BCUT2D eigenvalue weighted by Gasteiger charge is 2.05. The third-order valence-electron chi connectivity index (χ3n) is 2.02. The van der Waals surface area contributed by atoms with E-state index in [1.165, 1.54) is 12.1 Å². The second-order valence-electron chi connectivity index (χ2n) is 3.16. The van der Waals surface area contributed by atoms with Gasteiger partial charge in [-0.1, -0.05) is 6.07 Å². The Labute approximate surface area is 92.8 Å². The summed E-state index contributed by atoms with van der Waals surface area (Å²) in [6, 6.07) is 6.17. The fraction of sp³-hybridized carbons (Fsp3) is 0.300. The monoisotopic (exact) mass is 223 g/mol. The minimum Gasteiger partial charge on any atom is -0.384 e. The Bertz CT molecular complexity index is 393. The first-order valence-electron chi connectivity index (χ1n) is 4.82. The van der Waals surface area contributed by atoms with Crippen molar-refractivity contribution < 1.29 is 9.72 Å². The molecular formula is C10H13N3O3. The van der Waals surface area contributed by atoms with Gasteiger partial charge in [-0.3, -0.25) is 14.9 Å². The Balaban J connectivity index is 2.51. The number of hydrogen-bond acceptors (Lipinski definition) is 4. The zero-order valence-electron chi connectivity index (χ0n) is 8.90. The lowest BCUT2D eigenvalue weighted by molar-refractivity contribution is -0.384. The van der Waals surface area contributed by atoms with Crippen molar-refractivity contribution in [1.29, 1.82) is 0 Å². The zero-order chi connectivity index (χ0) is 12.0. The molecule has 1 aromatic carbocycles. The van der Waals surface area contributed by atoms with Crippen molar-refractivity contribution in [2.24, 2.45) is 0 Å². The molecule has 0 atom stereocenters. The quantitative estimate of drug-likeness (QED) is 0.579. The number of anilines is 1. The highest BCUT2D eigenvalue weighted by molar-refractivity contribution is 5.76. The first-order valence-corrected chi connectivity index (χ1v) is 4.82. The molecule has 16 heavy (non-hydrogen) atoms. The van der Waals surface area contributed by atoms with Crippen LogP contribution in [0.5, 0.6) is 0 Å². The van der Waals surface area contributed by atoms with E-state index in [1.807, 2.05) is 0 Å². The number of benzene rings is 1. The predicted molar refractivity (Wildman–Crippen MR) is 60.3 cm³/mol. The Morgan fingerprint density at radius 2 is 2.25 bits per heavy atom. The average molecular weight is 223 g/mol. The smallest absolute Gasteiger partial charge is 0.271 e. The van der Waals surface area contributed by atoms with Gasteiger partial charge in [0, 0.05) is 37.8 Å². The molecule has 1 amide bonds. The van der Waals surface area contributed by atoms with Crippen LogP contribution in [0.3, 0.4) is 0 Å². The molecule has 0 aromatic heterocycles. The molecule has 1 aromatic rings. The van der Waals surface area contributed by atoms with Crippen LogP contribution >= 0.6 is 0 Å². The van der Waals surface area contributed by atoms with Crippen LogP contribution in [-0.4, -0.2) is 24.4 Å². The van der Waals surface area contributed by atoms with E-state index >= 15 is 0 Å². The van der Waals surface area contributed by atoms with E-state index in [2.05, 4.69) is 10.6 Å². The molecule has 6 nitrogen and oxygen atoms in total. The summed E-state index contributed by atoms with van der Waals surface area (Å²) < 4.78 is 0. The average Bonchev–Trinajstić information content (AvgIpc) is 2.29. The van der Waals surface area contributed by atoms with E-state index in [4.69, 9.17) is 0 Å². The number of nitrogens with one attached hydrogen (secondary N) is 2. The maximum absolute atomic E-state index is 10.9. The van der Waals surface area contributed by atoms with Gasteiger partial charge in [0.1, 0.15) is 0 Å². The molecule has 2 N–H and O–H groups in total. The van der Waals surface area contributed by atoms with Gasteiger partial charge in [-0.15, -0.1) is 0 Å². The molecule has 0 bridgehead atoms. The van der Waals surface area contributed by atoms with E-state index in [0.29, 0.717) is 18.7 Å². The van der Waals surface area contributed by atoms with Crippen LogP contribution in [0, 0.1) is 10.1 Å². The zero-order valence-corrected chi connectivity index (χ0v) is 8.90. The summed E-state index contributed by atoms with van der Waals surface area (Å²) in [7, 11) is 1.57. The Hall–Kier alpha value is -2.11. The molecule has 0 fully saturated rings. The summed E-state index contributed by atoms with van der Waals surface area (Å²) in [6.45, 7) is 0.445. The molecule has 0 radical (unpaired) electrons. The summed E-state index contributed by atoms with van der Waals surface area (Å²) in [6.07, 6.45) is 0.333. The number of hydrogen-bond donors (Lipinski definition) is 2. The van der Waals surface area contributed by atoms with Gasteiger partial charge in [0.25, 0.3) is 5.69 Å². The number of rotatable bonds is 5. The van der Waals surface area contributed by atoms with Gasteiger partial charge in [0.15, 0.2) is 0 Å². The molecular weight excluding hydrogens is 210 g/mol. The molecule has 0 aliphatic heterocycles. The number of carbonyl (C=O) groups excluding carboxylic acids is 1. The van der Waals surface area contributed by atoms with Crippen LogP contribution in [0.15, 0.2) is 24.3 Å². The van der Waals surface area contributed by atoms with Gasteiger partial charge in [0.05, 0.1) is 4.92 Å². The largest absolute Gasteiger partial charge is 0.384 e. The second-order valence-corrected chi connectivity index (χ2v) is 3.16. The molecule has 0 saturated carbocycles. The van der Waals surface area contributed by atoms with Gasteiger partial charge in [-0.2, -0.15) is 0 Å². The Morgan fingerprint density at radius 1 is 1.50 bits per heavy atom. The van der Waals surface area contributed by atoms with Gasteiger partial charge < -0.3 is 10.6 Å². The highest BCUT2D eigenvalue weighted by atomic mass is 16.6. The highest BCUT2D eigenvalue weighted by Crippen LogP contribution is 2.16. The van der Waals surface area contributed by atoms with E-state index in [1.54, 1.807) is 19.2 Å². The van der Waals surface area contributed by atoms with Crippen molar-refractivity contribution in [2.75, 3.05) is 18.9 Å². The van der Waals surface area contributed by atoms with E-state index in [0.717, 1.165) is 0 Å². The molecule has 0 unspecified atom stereocenters. The van der Waals surface area contributed by atoms with Gasteiger partial charge in [-0.05, 0) is 6.07 Å². The lowest BCUT2D eigenvalue weighted by Gasteiger charge is -2.05. The van der Waals surface area contributed by atoms with E-state index in [-0.39, 0.29) is 11.6 Å². The SMILES string of the molecule is CNC(=O)CCNc1cccc([N+](=O)[O-])c1. The van der Waals surface area contributed by atoms with Crippen molar-refractivity contribution in [3.8, 4) is 0 Å². The van der Waals surface area contributed by atoms with Crippen molar-refractivity contribution in [2.45, 2.75) is 6.42 Å². The maximum Gasteiger partial charge on any atom is 0.271 e. The van der Waals surface area contributed by atoms with Crippen molar-refractivity contribution in [3.05, 3.63) is 34.4 Å². The van der Waals surface area contributed by atoms with Gasteiger partial charge in [0.2, 0.25) is 5.91 Å². The van der Waals surface area contributed by atoms with Crippen molar-refractivity contribution in [3.63, 3.8) is 0 Å². The second kappa shape index (κ2) is 5.69. The normalized spacial score (nSPS) is 9.56. The Morgan fingerprint density at radius 3 is 2.88 bits per heavy atom. The maximum atomic E-state index is 10.9. The van der Waals surface area contributed by atoms with Crippen molar-refractivity contribution >= 4 is 17.3 Å². The number of nitrogens with zero attached hydrogens (tertiary/aromatic N) is 1. The molecule has 0 aliphatic carbocycles. The third kappa shape index (κ3) is 3.56. The molecule has 0 heterocycles. The minimum atomic E-state index is -0.454. The van der Waals surface area contributed by atoms with Crippen LogP contribution < -0.4 is 10.6 Å². The summed E-state index contributed by atoms with van der Waals surface area (Å²) in [5.74, 6) is -0.0714. The molecule has 0 aliphatic rings.